The summed E-state index contributed by atoms with van der Waals surface area (Å²) < 4.78 is 53.8. The Kier molecular flexibility index (Phi) is 6.15. The fourth-order valence-corrected chi connectivity index (χ4v) is 7.98. The lowest BCUT2D eigenvalue weighted by Gasteiger charge is -2.40. The molecule has 0 aromatic heterocycles. The summed E-state index contributed by atoms with van der Waals surface area (Å²) in [5.41, 5.74) is -0.861. The van der Waals surface area contributed by atoms with Crippen molar-refractivity contribution < 1.29 is 27.1 Å². The summed E-state index contributed by atoms with van der Waals surface area (Å²) in [6.45, 7) is 1.77. The number of benzene rings is 2. The fourth-order valence-electron chi connectivity index (χ4n) is 4.89. The summed E-state index contributed by atoms with van der Waals surface area (Å²) >= 11 is 9.49. The highest BCUT2D eigenvalue weighted by Crippen LogP contribution is 2.52. The number of carbonyl (C=O) groups is 1. The lowest BCUT2D eigenvalue weighted by Crippen LogP contribution is -2.45. The lowest BCUT2D eigenvalue weighted by atomic mass is 9.76. The van der Waals surface area contributed by atoms with Gasteiger partial charge in [0.05, 0.1) is 26.3 Å². The Balaban J connectivity index is 1.65. The topological polar surface area (TPSA) is 83.5 Å². The van der Waals surface area contributed by atoms with E-state index in [1.807, 2.05) is 0 Å². The third-order valence-electron chi connectivity index (χ3n) is 6.80. The van der Waals surface area contributed by atoms with Crippen LogP contribution in [-0.2, 0) is 9.84 Å². The predicted molar refractivity (Wildman–Crippen MR) is 121 cm³/mol. The van der Waals surface area contributed by atoms with Gasteiger partial charge in [-0.3, -0.25) is 4.79 Å². The summed E-state index contributed by atoms with van der Waals surface area (Å²) in [6.07, 6.45) is 2.21. The van der Waals surface area contributed by atoms with Crippen LogP contribution in [-0.4, -0.2) is 30.3 Å². The van der Waals surface area contributed by atoms with Crippen LogP contribution in [0.2, 0.25) is 5.02 Å². The summed E-state index contributed by atoms with van der Waals surface area (Å²) in [4.78, 5) is 12.6. The summed E-state index contributed by atoms with van der Waals surface area (Å²) in [5, 5.41) is 12.4. The number of carbonyl (C=O) groups excluding carboxylic acids is 1. The van der Waals surface area contributed by atoms with Gasteiger partial charge in [-0.1, -0.05) is 11.6 Å². The van der Waals surface area contributed by atoms with Gasteiger partial charge in [0, 0.05) is 16.2 Å². The van der Waals surface area contributed by atoms with Crippen LogP contribution in [0.1, 0.15) is 43.0 Å². The minimum atomic E-state index is -3.88. The molecule has 0 saturated heterocycles. The van der Waals surface area contributed by atoms with Gasteiger partial charge in [-0.25, -0.2) is 17.2 Å². The second-order valence-electron chi connectivity index (χ2n) is 8.68. The average Bonchev–Trinajstić information content (AvgIpc) is 2.87. The SMILES string of the molecule is CC1(O)C2CCC1CC(S(=O)(=O)c1cc(C(=O)Nc3ccc(F)c(F)c3)c(Br)cc1Cl)C2. The lowest BCUT2D eigenvalue weighted by molar-refractivity contribution is -0.0413. The van der Waals surface area contributed by atoms with E-state index in [1.165, 1.54) is 18.2 Å². The Labute approximate surface area is 198 Å². The van der Waals surface area contributed by atoms with E-state index in [-0.39, 0.29) is 37.5 Å². The van der Waals surface area contributed by atoms with Gasteiger partial charge in [0.2, 0.25) is 0 Å². The van der Waals surface area contributed by atoms with Crippen LogP contribution < -0.4 is 5.32 Å². The number of hydrogen-bond acceptors (Lipinski definition) is 4. The molecule has 2 saturated carbocycles. The monoisotopic (exact) mass is 547 g/mol. The van der Waals surface area contributed by atoms with Gasteiger partial charge in [0.1, 0.15) is 0 Å². The minimum absolute atomic E-state index is 0.0107. The number of nitrogens with one attached hydrogen (secondary N) is 1. The maximum Gasteiger partial charge on any atom is 0.256 e. The van der Waals surface area contributed by atoms with Crippen molar-refractivity contribution in [3.8, 4) is 0 Å². The summed E-state index contributed by atoms with van der Waals surface area (Å²) in [7, 11) is -3.88. The number of fused-ring (bicyclic) bond motifs is 2. The second kappa shape index (κ2) is 8.34. The second-order valence-corrected chi connectivity index (χ2v) is 12.1. The molecule has 0 heterocycles. The van der Waals surface area contributed by atoms with Gasteiger partial charge in [-0.05, 0) is 84.6 Å². The van der Waals surface area contributed by atoms with Crippen molar-refractivity contribution >= 4 is 49.0 Å². The van der Waals surface area contributed by atoms with Crippen LogP contribution in [0, 0.1) is 23.5 Å². The molecule has 10 heteroatoms. The fraction of sp³-hybridized carbons (Fsp3) is 0.409. The number of hydrogen-bond donors (Lipinski definition) is 2. The number of aliphatic hydroxyl groups is 1. The molecular formula is C22H21BrClF2NO4S. The largest absolute Gasteiger partial charge is 0.390 e. The maximum absolute atomic E-state index is 13.5. The van der Waals surface area contributed by atoms with E-state index in [0.717, 1.165) is 25.0 Å². The Hall–Kier alpha value is -1.55. The van der Waals surface area contributed by atoms with E-state index in [2.05, 4.69) is 21.2 Å². The van der Waals surface area contributed by atoms with Gasteiger partial charge in [0.15, 0.2) is 21.5 Å². The molecule has 2 bridgehead atoms. The quantitative estimate of drug-likeness (QED) is 0.540. The third-order valence-corrected chi connectivity index (χ3v) is 10.1. The molecule has 0 spiro atoms. The van der Waals surface area contributed by atoms with Crippen LogP contribution in [0.4, 0.5) is 14.5 Å². The molecule has 2 aromatic rings. The van der Waals surface area contributed by atoms with Crippen molar-refractivity contribution in [2.45, 2.75) is 48.4 Å². The van der Waals surface area contributed by atoms with Crippen molar-refractivity contribution in [1.82, 2.24) is 0 Å². The average molecular weight is 549 g/mol. The molecule has 2 fully saturated rings. The zero-order valence-corrected chi connectivity index (χ0v) is 20.2. The van der Waals surface area contributed by atoms with E-state index >= 15 is 0 Å². The van der Waals surface area contributed by atoms with Crippen molar-refractivity contribution in [2.75, 3.05) is 5.32 Å². The first kappa shape index (κ1) is 23.6. The molecule has 2 aliphatic carbocycles. The first-order valence-electron chi connectivity index (χ1n) is 10.1. The smallest absolute Gasteiger partial charge is 0.256 e. The Morgan fingerprint density at radius 1 is 1.16 bits per heavy atom. The highest BCUT2D eigenvalue weighted by Gasteiger charge is 2.53. The van der Waals surface area contributed by atoms with Crippen molar-refractivity contribution in [1.29, 1.82) is 0 Å². The van der Waals surface area contributed by atoms with Crippen LogP contribution in [0.15, 0.2) is 39.7 Å². The Morgan fingerprint density at radius 3 is 2.38 bits per heavy atom. The number of amides is 1. The van der Waals surface area contributed by atoms with Crippen LogP contribution in [0.5, 0.6) is 0 Å². The van der Waals surface area contributed by atoms with Crippen LogP contribution in [0.3, 0.4) is 0 Å². The standard InChI is InChI=1S/C22H21BrClF2NO4S/c1-22(29)11-2-3-12(22)7-14(6-11)32(30,31)20-9-15(16(23)10-17(20)24)21(28)27-13-4-5-18(25)19(26)8-13/h4-5,8-12,14,29H,2-3,6-7H2,1H3,(H,27,28). The molecule has 2 N–H and O–H groups in total. The molecule has 0 aliphatic heterocycles. The molecule has 2 aromatic carbocycles. The Morgan fingerprint density at radius 2 is 1.78 bits per heavy atom. The molecule has 5 nitrogen and oxygen atoms in total. The van der Waals surface area contributed by atoms with Gasteiger partial charge >= 0.3 is 0 Å². The molecule has 4 rings (SSSR count). The van der Waals surface area contributed by atoms with Crippen molar-refractivity contribution in [3.63, 3.8) is 0 Å². The molecule has 2 unspecified atom stereocenters. The van der Waals surface area contributed by atoms with E-state index < -0.39 is 38.2 Å². The highest BCUT2D eigenvalue weighted by atomic mass is 79.9. The number of rotatable bonds is 4. The van der Waals surface area contributed by atoms with Gasteiger partial charge in [-0.15, -0.1) is 0 Å². The summed E-state index contributed by atoms with van der Waals surface area (Å²) in [6, 6.07) is 5.44. The van der Waals surface area contributed by atoms with E-state index in [0.29, 0.717) is 12.8 Å². The molecule has 172 valence electrons. The first-order valence-corrected chi connectivity index (χ1v) is 12.8. The van der Waals surface area contributed by atoms with Gasteiger partial charge < -0.3 is 10.4 Å². The zero-order valence-electron chi connectivity index (χ0n) is 17.0. The molecule has 1 amide bonds. The molecule has 32 heavy (non-hydrogen) atoms. The summed E-state index contributed by atoms with van der Waals surface area (Å²) in [5.74, 6) is -3.09. The van der Waals surface area contributed by atoms with Gasteiger partial charge in [0.25, 0.3) is 5.91 Å². The number of anilines is 1. The van der Waals surface area contributed by atoms with E-state index in [1.54, 1.807) is 6.92 Å². The molecule has 2 atom stereocenters. The highest BCUT2D eigenvalue weighted by molar-refractivity contribution is 9.10. The van der Waals surface area contributed by atoms with Crippen LogP contribution >= 0.6 is 27.5 Å². The van der Waals surface area contributed by atoms with E-state index in [4.69, 9.17) is 11.6 Å². The maximum atomic E-state index is 13.5. The normalized spacial score (nSPS) is 27.4. The van der Waals surface area contributed by atoms with Crippen molar-refractivity contribution in [2.24, 2.45) is 11.8 Å². The predicted octanol–water partition coefficient (Wildman–Crippen LogP) is 5.35. The minimum Gasteiger partial charge on any atom is -0.390 e. The van der Waals surface area contributed by atoms with E-state index in [9.17, 15) is 27.1 Å². The zero-order chi connectivity index (χ0) is 23.4. The molecule has 0 radical (unpaired) electrons. The molecule has 2 aliphatic rings. The number of halogens is 4. The van der Waals surface area contributed by atoms with Gasteiger partial charge in [-0.2, -0.15) is 0 Å². The molecular weight excluding hydrogens is 528 g/mol. The Bertz CT molecular complexity index is 1190. The van der Waals surface area contributed by atoms with Crippen LogP contribution in [0.25, 0.3) is 0 Å². The number of sulfone groups is 1. The first-order chi connectivity index (χ1) is 14.9. The third kappa shape index (κ3) is 4.08. The van der Waals surface area contributed by atoms with Crippen molar-refractivity contribution in [3.05, 3.63) is 57.0 Å².